The maximum Gasteiger partial charge on any atom is 0.308 e. The smallest absolute Gasteiger partial charge is 0.308 e. The predicted molar refractivity (Wildman–Crippen MR) is 70.3 cm³/mol. The van der Waals surface area contributed by atoms with Gasteiger partial charge in [-0.3, -0.25) is 9.59 Å². The summed E-state index contributed by atoms with van der Waals surface area (Å²) in [6.45, 7) is 3.12. The fourth-order valence-corrected chi connectivity index (χ4v) is 2.11. The van der Waals surface area contributed by atoms with Crippen molar-refractivity contribution in [1.29, 1.82) is 0 Å². The fraction of sp³-hybridized carbons (Fsp3) is 0.286. The summed E-state index contributed by atoms with van der Waals surface area (Å²) < 4.78 is 6.77. The topological polar surface area (TPSA) is 68.5 Å². The molecule has 0 aliphatic heterocycles. The predicted octanol–water partition coefficient (Wildman–Crippen LogP) is 1.76. The lowest BCUT2D eigenvalue weighted by Gasteiger charge is -2.07. The van der Waals surface area contributed by atoms with Crippen LogP contribution in [0.4, 0.5) is 0 Å². The molecule has 5 heteroatoms. The van der Waals surface area contributed by atoms with Gasteiger partial charge in [-0.15, -0.1) is 0 Å². The third-order valence-electron chi connectivity index (χ3n) is 2.82. The van der Waals surface area contributed by atoms with Crippen LogP contribution in [0.25, 0.3) is 10.9 Å². The number of ketones is 1. The van der Waals surface area contributed by atoms with Crippen LogP contribution in [0.15, 0.2) is 24.3 Å². The summed E-state index contributed by atoms with van der Waals surface area (Å²) in [6.07, 6.45) is 0. The molecule has 0 aliphatic carbocycles. The van der Waals surface area contributed by atoms with Gasteiger partial charge in [0, 0.05) is 31.3 Å². The summed E-state index contributed by atoms with van der Waals surface area (Å²) in [5.74, 6) is -0.0177. The third-order valence-corrected chi connectivity index (χ3v) is 2.82. The summed E-state index contributed by atoms with van der Waals surface area (Å²) in [5.41, 5.74) is 1.36. The molecular weight excluding hydrogens is 246 g/mol. The van der Waals surface area contributed by atoms with E-state index in [-0.39, 0.29) is 18.4 Å². The highest BCUT2D eigenvalue weighted by Gasteiger charge is 2.12. The molecule has 19 heavy (non-hydrogen) atoms. The summed E-state index contributed by atoms with van der Waals surface area (Å²) >= 11 is 0. The van der Waals surface area contributed by atoms with Crippen molar-refractivity contribution in [2.45, 2.75) is 20.4 Å². The number of benzene rings is 1. The van der Waals surface area contributed by atoms with Gasteiger partial charge in [0.15, 0.2) is 5.78 Å². The van der Waals surface area contributed by atoms with Crippen LogP contribution < -0.4 is 4.74 Å². The molecular formula is C14H15NO4. The molecule has 0 radical (unpaired) electrons. The molecule has 0 amide bonds. The van der Waals surface area contributed by atoms with Crippen molar-refractivity contribution in [3.63, 3.8) is 0 Å². The first kappa shape index (κ1) is 13.3. The monoisotopic (exact) mass is 261 g/mol. The van der Waals surface area contributed by atoms with Crippen LogP contribution in [0, 0.1) is 0 Å². The number of esters is 1. The van der Waals surface area contributed by atoms with Crippen LogP contribution in [0.1, 0.15) is 24.3 Å². The highest BCUT2D eigenvalue weighted by molar-refractivity contribution is 5.99. The lowest BCUT2D eigenvalue weighted by molar-refractivity contribution is -0.131. The van der Waals surface area contributed by atoms with E-state index >= 15 is 0 Å². The van der Waals surface area contributed by atoms with Crippen LogP contribution in [0.3, 0.4) is 0 Å². The lowest BCUT2D eigenvalue weighted by Crippen LogP contribution is -2.09. The summed E-state index contributed by atoms with van der Waals surface area (Å²) in [6, 6.07) is 6.88. The quantitative estimate of drug-likeness (QED) is 0.517. The zero-order valence-electron chi connectivity index (χ0n) is 10.8. The van der Waals surface area contributed by atoms with Crippen molar-refractivity contribution in [2.75, 3.05) is 6.61 Å². The lowest BCUT2D eigenvalue weighted by atomic mass is 10.2. The number of aliphatic hydroxyl groups is 1. The standard InChI is InChI=1S/C14H15NO4/c1-9(17)14-8-11-7-12(19-10(2)18)3-4-13(11)15(14)5-6-16/h3-4,7-8,16H,5-6H2,1-2H3. The van der Waals surface area contributed by atoms with Gasteiger partial charge in [-0.05, 0) is 24.3 Å². The Hall–Kier alpha value is -2.14. The minimum Gasteiger partial charge on any atom is -0.427 e. The molecule has 2 aromatic rings. The van der Waals surface area contributed by atoms with Gasteiger partial charge in [-0.25, -0.2) is 0 Å². The van der Waals surface area contributed by atoms with E-state index in [1.165, 1.54) is 13.8 Å². The normalized spacial score (nSPS) is 10.7. The van der Waals surface area contributed by atoms with Crippen LogP contribution in [-0.2, 0) is 11.3 Å². The average molecular weight is 261 g/mol. The SMILES string of the molecule is CC(=O)Oc1ccc2c(c1)cc(C(C)=O)n2CCO. The molecule has 1 N–H and O–H groups in total. The Morgan fingerprint density at radius 3 is 2.58 bits per heavy atom. The van der Waals surface area contributed by atoms with Crippen LogP contribution >= 0.6 is 0 Å². The second kappa shape index (κ2) is 5.24. The number of rotatable bonds is 4. The zero-order valence-corrected chi connectivity index (χ0v) is 10.8. The van der Waals surface area contributed by atoms with Crippen LogP contribution in [0.5, 0.6) is 5.75 Å². The number of carbonyl (C=O) groups excluding carboxylic acids is 2. The zero-order chi connectivity index (χ0) is 14.0. The van der Waals surface area contributed by atoms with Crippen LogP contribution in [-0.4, -0.2) is 28.0 Å². The number of ether oxygens (including phenoxy) is 1. The van der Waals surface area contributed by atoms with Crippen molar-refractivity contribution in [3.05, 3.63) is 30.0 Å². The van der Waals surface area contributed by atoms with Gasteiger partial charge in [0.1, 0.15) is 5.75 Å². The molecule has 1 aromatic heterocycles. The summed E-state index contributed by atoms with van der Waals surface area (Å²) in [7, 11) is 0. The average Bonchev–Trinajstić information content (AvgIpc) is 2.67. The maximum absolute atomic E-state index is 11.6. The van der Waals surface area contributed by atoms with Gasteiger partial charge < -0.3 is 14.4 Å². The van der Waals surface area contributed by atoms with E-state index in [9.17, 15) is 9.59 Å². The Morgan fingerprint density at radius 1 is 1.26 bits per heavy atom. The highest BCUT2D eigenvalue weighted by atomic mass is 16.5. The number of nitrogens with zero attached hydrogens (tertiary/aromatic N) is 1. The largest absolute Gasteiger partial charge is 0.427 e. The van der Waals surface area contributed by atoms with E-state index in [4.69, 9.17) is 9.84 Å². The molecule has 5 nitrogen and oxygen atoms in total. The fourth-order valence-electron chi connectivity index (χ4n) is 2.11. The number of aromatic nitrogens is 1. The van der Waals surface area contributed by atoms with Gasteiger partial charge in [0.25, 0.3) is 0 Å². The molecule has 0 bridgehead atoms. The molecule has 0 spiro atoms. The van der Waals surface area contributed by atoms with E-state index in [0.29, 0.717) is 18.0 Å². The van der Waals surface area contributed by atoms with E-state index in [0.717, 1.165) is 10.9 Å². The third kappa shape index (κ3) is 2.66. The maximum atomic E-state index is 11.6. The van der Waals surface area contributed by atoms with Gasteiger partial charge in [-0.2, -0.15) is 0 Å². The number of carbonyl (C=O) groups is 2. The molecule has 0 aliphatic rings. The Morgan fingerprint density at radius 2 is 2.00 bits per heavy atom. The van der Waals surface area contributed by atoms with E-state index in [1.54, 1.807) is 28.8 Å². The Balaban J connectivity index is 2.55. The van der Waals surface area contributed by atoms with Crippen molar-refractivity contribution >= 4 is 22.7 Å². The molecule has 2 rings (SSSR count). The van der Waals surface area contributed by atoms with Crippen molar-refractivity contribution in [3.8, 4) is 5.75 Å². The number of aliphatic hydroxyl groups excluding tert-OH is 1. The van der Waals surface area contributed by atoms with Crippen molar-refractivity contribution in [1.82, 2.24) is 4.57 Å². The number of hydrogen-bond acceptors (Lipinski definition) is 4. The molecule has 1 aromatic carbocycles. The van der Waals surface area contributed by atoms with E-state index < -0.39 is 0 Å². The first-order valence-corrected chi connectivity index (χ1v) is 5.96. The summed E-state index contributed by atoms with van der Waals surface area (Å²) in [5, 5.41) is 9.88. The number of Topliss-reactive ketones (excluding diaryl/α,β-unsaturated/α-hetero) is 1. The highest BCUT2D eigenvalue weighted by Crippen LogP contribution is 2.25. The Labute approximate surface area is 110 Å². The van der Waals surface area contributed by atoms with Gasteiger partial charge in [0.05, 0.1) is 12.3 Å². The van der Waals surface area contributed by atoms with Gasteiger partial charge in [-0.1, -0.05) is 0 Å². The molecule has 1 heterocycles. The van der Waals surface area contributed by atoms with E-state index in [1.807, 2.05) is 0 Å². The second-order valence-electron chi connectivity index (χ2n) is 4.28. The number of fused-ring (bicyclic) bond motifs is 1. The molecule has 0 saturated carbocycles. The second-order valence-corrected chi connectivity index (χ2v) is 4.28. The Kier molecular flexibility index (Phi) is 3.66. The molecule has 0 unspecified atom stereocenters. The number of hydrogen-bond donors (Lipinski definition) is 1. The molecule has 0 fully saturated rings. The van der Waals surface area contributed by atoms with Crippen molar-refractivity contribution < 1.29 is 19.4 Å². The first-order chi connectivity index (χ1) is 9.02. The molecule has 100 valence electrons. The van der Waals surface area contributed by atoms with Crippen molar-refractivity contribution in [2.24, 2.45) is 0 Å². The van der Waals surface area contributed by atoms with E-state index in [2.05, 4.69) is 0 Å². The minimum atomic E-state index is -0.388. The molecule has 0 saturated heterocycles. The van der Waals surface area contributed by atoms with Gasteiger partial charge in [0.2, 0.25) is 0 Å². The molecule has 0 atom stereocenters. The first-order valence-electron chi connectivity index (χ1n) is 5.96. The summed E-state index contributed by atoms with van der Waals surface area (Å²) in [4.78, 5) is 22.5. The van der Waals surface area contributed by atoms with Gasteiger partial charge >= 0.3 is 5.97 Å². The minimum absolute atomic E-state index is 0.0459. The van der Waals surface area contributed by atoms with Crippen LogP contribution in [0.2, 0.25) is 0 Å². The Bertz CT molecular complexity index is 642.